The number of methoxy groups -OCH3 is 2. The third-order valence-electron chi connectivity index (χ3n) is 8.71. The Bertz CT molecular complexity index is 2080. The standard InChI is InChI=1S/C38H37N3O5/c1-24-18-27(23-41(21-25-6-12-29(45-4)13-7-25)22-26-8-14-30(46-5)15-9-26)10-16-31(24)34-20-33-32-19-28(38(43)44)11-17-35(32)39(2)36(33)40(3)37(34)42/h6-20H,21-23H2,1-5H3,(H,43,44). The van der Waals surface area contributed by atoms with E-state index >= 15 is 0 Å². The first kappa shape index (κ1) is 30.7. The summed E-state index contributed by atoms with van der Waals surface area (Å²) in [5, 5.41) is 11.3. The van der Waals surface area contributed by atoms with Crippen LogP contribution in [0.2, 0.25) is 0 Å². The van der Waals surface area contributed by atoms with Crippen LogP contribution >= 0.6 is 0 Å². The Morgan fingerprint density at radius 2 is 1.26 bits per heavy atom. The number of carboxylic acid groups (broad SMARTS) is 1. The average molecular weight is 616 g/mol. The molecule has 8 heteroatoms. The van der Waals surface area contributed by atoms with Gasteiger partial charge in [-0.15, -0.1) is 0 Å². The molecule has 0 aliphatic carbocycles. The van der Waals surface area contributed by atoms with Gasteiger partial charge in [0, 0.05) is 50.1 Å². The summed E-state index contributed by atoms with van der Waals surface area (Å²) in [6.07, 6.45) is 0. The summed E-state index contributed by atoms with van der Waals surface area (Å²) in [5.74, 6) is 0.669. The SMILES string of the molecule is COc1ccc(CN(Cc2ccc(OC)cc2)Cc2ccc(-c3cc4c5cc(C(=O)O)ccc5n(C)c4n(C)c3=O)c(C)c2)cc1. The lowest BCUT2D eigenvalue weighted by atomic mass is 9.97. The normalized spacial score (nSPS) is 11.4. The Balaban J connectivity index is 1.35. The number of hydrogen-bond donors (Lipinski definition) is 1. The van der Waals surface area contributed by atoms with E-state index in [1.165, 1.54) is 11.1 Å². The molecular weight excluding hydrogens is 578 g/mol. The van der Waals surface area contributed by atoms with Gasteiger partial charge in [0.05, 0.1) is 25.3 Å². The van der Waals surface area contributed by atoms with Crippen molar-refractivity contribution in [1.82, 2.24) is 14.0 Å². The molecule has 0 atom stereocenters. The lowest BCUT2D eigenvalue weighted by Crippen LogP contribution is -2.22. The lowest BCUT2D eigenvalue weighted by molar-refractivity contribution is 0.0697. The molecular formula is C38H37N3O5. The monoisotopic (exact) mass is 615 g/mol. The van der Waals surface area contributed by atoms with E-state index in [2.05, 4.69) is 41.3 Å². The van der Waals surface area contributed by atoms with Crippen LogP contribution in [0.5, 0.6) is 11.5 Å². The summed E-state index contributed by atoms with van der Waals surface area (Å²) in [6, 6.07) is 29.5. The molecule has 0 radical (unpaired) electrons. The molecule has 0 fully saturated rings. The van der Waals surface area contributed by atoms with Crippen molar-refractivity contribution in [3.05, 3.63) is 129 Å². The molecule has 0 bridgehead atoms. The molecule has 8 nitrogen and oxygen atoms in total. The minimum atomic E-state index is -0.983. The Kier molecular flexibility index (Phi) is 8.39. The summed E-state index contributed by atoms with van der Waals surface area (Å²) in [6.45, 7) is 4.23. The minimum absolute atomic E-state index is 0.103. The van der Waals surface area contributed by atoms with Crippen LogP contribution in [-0.4, -0.2) is 39.3 Å². The van der Waals surface area contributed by atoms with Gasteiger partial charge < -0.3 is 19.1 Å². The maximum Gasteiger partial charge on any atom is 0.335 e. The molecule has 1 N–H and O–H groups in total. The third kappa shape index (κ3) is 5.87. The van der Waals surface area contributed by atoms with Crippen LogP contribution in [0, 0.1) is 6.92 Å². The van der Waals surface area contributed by atoms with E-state index in [0.717, 1.165) is 63.2 Å². The highest BCUT2D eigenvalue weighted by molar-refractivity contribution is 6.10. The van der Waals surface area contributed by atoms with Gasteiger partial charge in [0.15, 0.2) is 0 Å². The number of benzene rings is 4. The maximum atomic E-state index is 13.7. The fraction of sp³-hybridized carbons (Fsp3) is 0.211. The van der Waals surface area contributed by atoms with Crippen molar-refractivity contribution in [2.75, 3.05) is 14.2 Å². The fourth-order valence-corrected chi connectivity index (χ4v) is 6.35. The van der Waals surface area contributed by atoms with E-state index in [9.17, 15) is 14.7 Å². The van der Waals surface area contributed by atoms with E-state index in [4.69, 9.17) is 9.47 Å². The minimum Gasteiger partial charge on any atom is -0.497 e. The quantitative estimate of drug-likeness (QED) is 0.180. The molecule has 0 aliphatic heterocycles. The summed E-state index contributed by atoms with van der Waals surface area (Å²) in [4.78, 5) is 27.8. The van der Waals surface area contributed by atoms with Crippen LogP contribution in [0.3, 0.4) is 0 Å². The zero-order valence-electron chi connectivity index (χ0n) is 26.7. The number of aromatic carboxylic acids is 1. The smallest absolute Gasteiger partial charge is 0.335 e. The topological polar surface area (TPSA) is 85.9 Å². The largest absolute Gasteiger partial charge is 0.497 e. The molecule has 0 amide bonds. The highest BCUT2D eigenvalue weighted by Gasteiger charge is 2.19. The third-order valence-corrected chi connectivity index (χ3v) is 8.71. The van der Waals surface area contributed by atoms with Gasteiger partial charge in [-0.3, -0.25) is 14.3 Å². The zero-order chi connectivity index (χ0) is 32.5. The molecule has 0 spiro atoms. The molecule has 0 saturated heterocycles. The number of rotatable bonds is 10. The molecule has 234 valence electrons. The first-order chi connectivity index (χ1) is 22.2. The number of hydrogen-bond acceptors (Lipinski definition) is 5. The number of nitrogens with zero attached hydrogens (tertiary/aromatic N) is 3. The van der Waals surface area contributed by atoms with Crippen molar-refractivity contribution in [3.8, 4) is 22.6 Å². The van der Waals surface area contributed by atoms with E-state index in [-0.39, 0.29) is 11.1 Å². The molecule has 4 aromatic carbocycles. The van der Waals surface area contributed by atoms with E-state index in [1.807, 2.05) is 54.9 Å². The number of carboxylic acids is 1. The van der Waals surface area contributed by atoms with Crippen molar-refractivity contribution in [1.29, 1.82) is 0 Å². The number of aromatic nitrogens is 2. The van der Waals surface area contributed by atoms with Gasteiger partial charge in [-0.05, 0) is 83.3 Å². The Hall–Kier alpha value is -5.34. The van der Waals surface area contributed by atoms with Crippen molar-refractivity contribution >= 4 is 27.9 Å². The van der Waals surface area contributed by atoms with Crippen molar-refractivity contribution < 1.29 is 19.4 Å². The second-order valence-corrected chi connectivity index (χ2v) is 11.7. The van der Waals surface area contributed by atoms with E-state index in [0.29, 0.717) is 12.1 Å². The van der Waals surface area contributed by atoms with Gasteiger partial charge in [-0.2, -0.15) is 0 Å². The molecule has 0 unspecified atom stereocenters. The van der Waals surface area contributed by atoms with Crippen molar-refractivity contribution in [3.63, 3.8) is 0 Å². The summed E-state index contributed by atoms with van der Waals surface area (Å²) >= 11 is 0. The van der Waals surface area contributed by atoms with Crippen LogP contribution in [0.25, 0.3) is 33.1 Å². The molecule has 0 saturated carbocycles. The number of carbonyl (C=O) groups is 1. The predicted molar refractivity (Wildman–Crippen MR) is 182 cm³/mol. The van der Waals surface area contributed by atoms with Crippen molar-refractivity contribution in [2.45, 2.75) is 26.6 Å². The Morgan fingerprint density at radius 3 is 1.80 bits per heavy atom. The highest BCUT2D eigenvalue weighted by atomic mass is 16.5. The predicted octanol–water partition coefficient (Wildman–Crippen LogP) is 6.92. The fourth-order valence-electron chi connectivity index (χ4n) is 6.35. The van der Waals surface area contributed by atoms with Gasteiger partial charge in [-0.1, -0.05) is 42.5 Å². The van der Waals surface area contributed by atoms with Crippen LogP contribution in [0.1, 0.15) is 32.6 Å². The van der Waals surface area contributed by atoms with Crippen molar-refractivity contribution in [2.24, 2.45) is 14.1 Å². The maximum absolute atomic E-state index is 13.7. The average Bonchev–Trinajstić information content (AvgIpc) is 3.34. The summed E-state index contributed by atoms with van der Waals surface area (Å²) in [5.41, 5.74) is 7.66. The van der Waals surface area contributed by atoms with Gasteiger partial charge in [0.25, 0.3) is 5.56 Å². The van der Waals surface area contributed by atoms with E-state index < -0.39 is 5.97 Å². The molecule has 2 aromatic heterocycles. The molecule has 6 rings (SSSR count). The second kappa shape index (κ2) is 12.6. The Morgan fingerprint density at radius 1 is 0.696 bits per heavy atom. The zero-order valence-corrected chi connectivity index (χ0v) is 26.7. The molecule has 46 heavy (non-hydrogen) atoms. The number of fused-ring (bicyclic) bond motifs is 3. The van der Waals surface area contributed by atoms with Gasteiger partial charge in [-0.25, -0.2) is 4.79 Å². The highest BCUT2D eigenvalue weighted by Crippen LogP contribution is 2.32. The number of aryl methyl sites for hydroxylation is 3. The second-order valence-electron chi connectivity index (χ2n) is 11.7. The number of ether oxygens (including phenoxy) is 2. The molecule has 6 aromatic rings. The van der Waals surface area contributed by atoms with Crippen LogP contribution < -0.4 is 15.0 Å². The summed E-state index contributed by atoms with van der Waals surface area (Å²) in [7, 11) is 7.00. The van der Waals surface area contributed by atoms with Crippen LogP contribution in [0.15, 0.2) is 95.8 Å². The van der Waals surface area contributed by atoms with Gasteiger partial charge in [0.2, 0.25) is 0 Å². The van der Waals surface area contributed by atoms with Gasteiger partial charge in [0.1, 0.15) is 17.1 Å². The molecule has 0 aliphatic rings. The summed E-state index contributed by atoms with van der Waals surface area (Å²) < 4.78 is 14.3. The van der Waals surface area contributed by atoms with Crippen LogP contribution in [-0.2, 0) is 33.7 Å². The number of pyridine rings is 1. The first-order valence-electron chi connectivity index (χ1n) is 15.1. The molecule has 2 heterocycles. The first-order valence-corrected chi connectivity index (χ1v) is 15.1. The lowest BCUT2D eigenvalue weighted by Gasteiger charge is -2.24. The van der Waals surface area contributed by atoms with Crippen LogP contribution in [0.4, 0.5) is 0 Å². The van der Waals surface area contributed by atoms with E-state index in [1.54, 1.807) is 44.0 Å². The van der Waals surface area contributed by atoms with Gasteiger partial charge >= 0.3 is 5.97 Å². The Labute approximate surface area is 267 Å².